The zero-order valence-electron chi connectivity index (χ0n) is 6.76. The van der Waals surface area contributed by atoms with E-state index in [1.54, 1.807) is 13.0 Å². The summed E-state index contributed by atoms with van der Waals surface area (Å²) in [6, 6.07) is 5.09. The molecule has 0 aliphatic rings. The Balaban J connectivity index is 3.05. The van der Waals surface area contributed by atoms with Crippen molar-refractivity contribution in [1.29, 1.82) is 0 Å². The second kappa shape index (κ2) is 3.33. The van der Waals surface area contributed by atoms with Gasteiger partial charge in [-0.2, -0.15) is 0 Å². The van der Waals surface area contributed by atoms with Gasteiger partial charge in [-0.1, -0.05) is 18.2 Å². The van der Waals surface area contributed by atoms with E-state index >= 15 is 0 Å². The molecule has 0 N–H and O–H groups in total. The minimum Gasteiger partial charge on any atom is -0.207 e. The fourth-order valence-corrected chi connectivity index (χ4v) is 0.964. The summed E-state index contributed by atoms with van der Waals surface area (Å²) < 4.78 is 12.7. The summed E-state index contributed by atoms with van der Waals surface area (Å²) in [6.07, 6.45) is 3.89. The van der Waals surface area contributed by atoms with Crippen LogP contribution in [0.2, 0.25) is 0 Å². The highest BCUT2D eigenvalue weighted by atomic mass is 19.1. The first kappa shape index (κ1) is 7.99. The van der Waals surface area contributed by atoms with Crippen molar-refractivity contribution in [2.24, 2.45) is 0 Å². The van der Waals surface area contributed by atoms with E-state index < -0.39 is 0 Å². The summed E-state index contributed by atoms with van der Waals surface area (Å²) in [7, 11) is 0. The number of halogens is 1. The van der Waals surface area contributed by atoms with Crippen LogP contribution in [0.3, 0.4) is 0 Å². The molecular formula is C10H11F. The van der Waals surface area contributed by atoms with Crippen LogP contribution in [0.25, 0.3) is 6.08 Å². The minimum atomic E-state index is -0.141. The van der Waals surface area contributed by atoms with Gasteiger partial charge < -0.3 is 0 Å². The van der Waals surface area contributed by atoms with E-state index in [4.69, 9.17) is 0 Å². The Kier molecular flexibility index (Phi) is 2.42. The van der Waals surface area contributed by atoms with Crippen molar-refractivity contribution in [2.45, 2.75) is 13.8 Å². The van der Waals surface area contributed by atoms with Crippen LogP contribution in [0.4, 0.5) is 4.39 Å². The van der Waals surface area contributed by atoms with Crippen molar-refractivity contribution >= 4 is 6.08 Å². The first-order valence-electron chi connectivity index (χ1n) is 3.63. The monoisotopic (exact) mass is 150 g/mol. The van der Waals surface area contributed by atoms with Gasteiger partial charge >= 0.3 is 0 Å². The van der Waals surface area contributed by atoms with Crippen molar-refractivity contribution in [1.82, 2.24) is 0 Å². The molecule has 0 bridgehead atoms. The van der Waals surface area contributed by atoms with Gasteiger partial charge in [0.15, 0.2) is 0 Å². The van der Waals surface area contributed by atoms with E-state index in [1.165, 1.54) is 6.07 Å². The van der Waals surface area contributed by atoms with Crippen LogP contribution < -0.4 is 0 Å². The van der Waals surface area contributed by atoms with E-state index in [0.717, 1.165) is 5.56 Å². The van der Waals surface area contributed by atoms with Gasteiger partial charge in [0, 0.05) is 0 Å². The second-order valence-corrected chi connectivity index (χ2v) is 2.51. The summed E-state index contributed by atoms with van der Waals surface area (Å²) in [5.41, 5.74) is 1.74. The maximum Gasteiger partial charge on any atom is 0.126 e. The molecular weight excluding hydrogens is 139 g/mol. The average molecular weight is 150 g/mol. The number of rotatable bonds is 1. The number of aryl methyl sites for hydroxylation is 1. The van der Waals surface area contributed by atoms with Crippen LogP contribution in [-0.4, -0.2) is 0 Å². The Labute approximate surface area is 66.4 Å². The highest BCUT2D eigenvalue weighted by Crippen LogP contribution is 2.10. The standard InChI is InChI=1S/C10H11F/c1-3-4-9-5-6-10(11)8(2)7-9/h3-7H,1-2H3/b4-3+. The van der Waals surface area contributed by atoms with E-state index in [2.05, 4.69) is 0 Å². The van der Waals surface area contributed by atoms with Crippen LogP contribution in [0.5, 0.6) is 0 Å². The molecule has 0 aromatic heterocycles. The molecule has 0 amide bonds. The van der Waals surface area contributed by atoms with Gasteiger partial charge in [-0.25, -0.2) is 4.39 Å². The first-order chi connectivity index (χ1) is 5.24. The summed E-state index contributed by atoms with van der Waals surface area (Å²) in [6.45, 7) is 3.71. The van der Waals surface area contributed by atoms with Gasteiger partial charge in [-0.3, -0.25) is 0 Å². The molecule has 0 saturated carbocycles. The lowest BCUT2D eigenvalue weighted by molar-refractivity contribution is 0.618. The minimum absolute atomic E-state index is 0.141. The van der Waals surface area contributed by atoms with Crippen molar-refractivity contribution in [3.63, 3.8) is 0 Å². The normalized spacial score (nSPS) is 10.8. The molecule has 0 aliphatic carbocycles. The quantitative estimate of drug-likeness (QED) is 0.576. The van der Waals surface area contributed by atoms with Crippen LogP contribution in [-0.2, 0) is 0 Å². The lowest BCUT2D eigenvalue weighted by Crippen LogP contribution is -1.81. The molecule has 1 rings (SSSR count). The molecule has 1 aromatic carbocycles. The molecule has 0 radical (unpaired) electrons. The molecule has 0 unspecified atom stereocenters. The molecule has 1 aromatic rings. The smallest absolute Gasteiger partial charge is 0.126 e. The van der Waals surface area contributed by atoms with Crippen molar-refractivity contribution < 1.29 is 4.39 Å². The van der Waals surface area contributed by atoms with Gasteiger partial charge in [-0.05, 0) is 37.1 Å². The van der Waals surface area contributed by atoms with Gasteiger partial charge in [-0.15, -0.1) is 0 Å². The molecule has 0 aliphatic heterocycles. The number of allylic oxidation sites excluding steroid dienone is 1. The molecule has 0 atom stereocenters. The Hall–Kier alpha value is -1.11. The van der Waals surface area contributed by atoms with E-state index in [-0.39, 0.29) is 5.82 Å². The van der Waals surface area contributed by atoms with Gasteiger partial charge in [0.2, 0.25) is 0 Å². The fraction of sp³-hybridized carbons (Fsp3) is 0.200. The SMILES string of the molecule is C/C=C/c1ccc(F)c(C)c1. The van der Waals surface area contributed by atoms with Crippen molar-refractivity contribution in [3.05, 3.63) is 41.2 Å². The van der Waals surface area contributed by atoms with Crippen LogP contribution in [0.1, 0.15) is 18.1 Å². The maximum absolute atomic E-state index is 12.7. The van der Waals surface area contributed by atoms with Crippen molar-refractivity contribution in [2.75, 3.05) is 0 Å². The largest absolute Gasteiger partial charge is 0.207 e. The summed E-state index contributed by atoms with van der Waals surface area (Å²) in [5.74, 6) is -0.141. The molecule has 0 saturated heterocycles. The van der Waals surface area contributed by atoms with Crippen LogP contribution >= 0.6 is 0 Å². The first-order valence-corrected chi connectivity index (χ1v) is 3.63. The predicted molar refractivity (Wildman–Crippen MR) is 45.8 cm³/mol. The average Bonchev–Trinajstić information content (AvgIpc) is 1.98. The molecule has 0 spiro atoms. The maximum atomic E-state index is 12.7. The fourth-order valence-electron chi connectivity index (χ4n) is 0.964. The van der Waals surface area contributed by atoms with E-state index in [1.807, 2.05) is 25.1 Å². The highest BCUT2D eigenvalue weighted by molar-refractivity contribution is 5.49. The Morgan fingerprint density at radius 3 is 2.64 bits per heavy atom. The lowest BCUT2D eigenvalue weighted by Gasteiger charge is -1.96. The Morgan fingerprint density at radius 1 is 1.36 bits per heavy atom. The zero-order valence-corrected chi connectivity index (χ0v) is 6.76. The third-order valence-corrected chi connectivity index (χ3v) is 1.54. The van der Waals surface area contributed by atoms with Crippen molar-refractivity contribution in [3.8, 4) is 0 Å². The summed E-state index contributed by atoms with van der Waals surface area (Å²) in [5, 5.41) is 0. The molecule has 0 fully saturated rings. The number of hydrogen-bond acceptors (Lipinski definition) is 0. The number of hydrogen-bond donors (Lipinski definition) is 0. The predicted octanol–water partition coefficient (Wildman–Crippen LogP) is 3.17. The zero-order chi connectivity index (χ0) is 8.27. The molecule has 0 heterocycles. The Bertz CT molecular complexity index is 274. The molecule has 0 nitrogen and oxygen atoms in total. The summed E-state index contributed by atoms with van der Waals surface area (Å²) >= 11 is 0. The summed E-state index contributed by atoms with van der Waals surface area (Å²) in [4.78, 5) is 0. The van der Waals surface area contributed by atoms with Gasteiger partial charge in [0.25, 0.3) is 0 Å². The van der Waals surface area contributed by atoms with Gasteiger partial charge in [0.1, 0.15) is 5.82 Å². The molecule has 1 heteroatoms. The van der Waals surface area contributed by atoms with Crippen LogP contribution in [0, 0.1) is 12.7 Å². The highest BCUT2D eigenvalue weighted by Gasteiger charge is 1.94. The van der Waals surface area contributed by atoms with Crippen LogP contribution in [0.15, 0.2) is 24.3 Å². The van der Waals surface area contributed by atoms with E-state index in [0.29, 0.717) is 5.56 Å². The van der Waals surface area contributed by atoms with E-state index in [9.17, 15) is 4.39 Å². The topological polar surface area (TPSA) is 0 Å². The van der Waals surface area contributed by atoms with Gasteiger partial charge in [0.05, 0.1) is 0 Å². The third-order valence-electron chi connectivity index (χ3n) is 1.54. The third kappa shape index (κ3) is 1.90. The molecule has 58 valence electrons. The lowest BCUT2D eigenvalue weighted by atomic mass is 10.1. The Morgan fingerprint density at radius 2 is 2.09 bits per heavy atom. The second-order valence-electron chi connectivity index (χ2n) is 2.51. The number of benzene rings is 1. The molecule has 11 heavy (non-hydrogen) atoms.